The third kappa shape index (κ3) is 2.75. The second-order valence-electron chi connectivity index (χ2n) is 4.33. The highest BCUT2D eigenvalue weighted by Gasteiger charge is 2.24. The van der Waals surface area contributed by atoms with Gasteiger partial charge < -0.3 is 10.8 Å². The number of halogens is 1. The van der Waals surface area contributed by atoms with Crippen LogP contribution in [0.25, 0.3) is 0 Å². The largest absolute Gasteiger partial charge is 0.387 e. The van der Waals surface area contributed by atoms with Crippen molar-refractivity contribution in [2.24, 2.45) is 5.73 Å². The van der Waals surface area contributed by atoms with Crippen LogP contribution in [0.1, 0.15) is 28.0 Å². The number of hydrogen-bond acceptors (Lipinski definition) is 3. The van der Waals surface area contributed by atoms with Gasteiger partial charge in [-0.25, -0.2) is 0 Å². The van der Waals surface area contributed by atoms with Crippen LogP contribution in [-0.2, 0) is 0 Å². The third-order valence-electron chi connectivity index (χ3n) is 3.02. The van der Waals surface area contributed by atoms with Gasteiger partial charge >= 0.3 is 0 Å². The smallest absolute Gasteiger partial charge is 0.0977 e. The molecule has 4 heteroatoms. The van der Waals surface area contributed by atoms with E-state index in [-0.39, 0.29) is 5.92 Å². The number of aliphatic hydroxyl groups excluding tert-OH is 1. The molecule has 2 unspecified atom stereocenters. The molecule has 18 heavy (non-hydrogen) atoms. The van der Waals surface area contributed by atoms with Crippen molar-refractivity contribution in [2.75, 3.05) is 6.54 Å². The molecule has 1 aromatic heterocycles. The van der Waals surface area contributed by atoms with Crippen molar-refractivity contribution in [2.45, 2.75) is 18.9 Å². The van der Waals surface area contributed by atoms with Gasteiger partial charge in [0, 0.05) is 12.5 Å². The molecule has 2 nitrogen and oxygen atoms in total. The predicted molar refractivity (Wildman–Crippen MR) is 77.3 cm³/mol. The molecule has 2 atom stereocenters. The van der Waals surface area contributed by atoms with Gasteiger partial charge in [0.15, 0.2) is 0 Å². The van der Waals surface area contributed by atoms with Crippen molar-refractivity contribution < 1.29 is 5.11 Å². The summed E-state index contributed by atoms with van der Waals surface area (Å²) in [4.78, 5) is 0.786. The minimum Gasteiger partial charge on any atom is -0.387 e. The highest BCUT2D eigenvalue weighted by Crippen LogP contribution is 2.37. The van der Waals surface area contributed by atoms with Crippen molar-refractivity contribution in [3.63, 3.8) is 0 Å². The van der Waals surface area contributed by atoms with Crippen LogP contribution in [0.5, 0.6) is 0 Å². The molecule has 2 rings (SSSR count). The van der Waals surface area contributed by atoms with Crippen molar-refractivity contribution in [1.29, 1.82) is 0 Å². The Bertz CT molecular complexity index is 526. The zero-order chi connectivity index (χ0) is 13.1. The van der Waals surface area contributed by atoms with Gasteiger partial charge in [0.2, 0.25) is 0 Å². The van der Waals surface area contributed by atoms with Crippen LogP contribution in [0, 0.1) is 6.92 Å². The molecule has 0 saturated carbocycles. The Morgan fingerprint density at radius 2 is 2.17 bits per heavy atom. The highest BCUT2D eigenvalue weighted by atomic mass is 35.5. The number of benzene rings is 1. The number of aliphatic hydroxyl groups is 1. The van der Waals surface area contributed by atoms with Crippen molar-refractivity contribution in [3.8, 4) is 0 Å². The summed E-state index contributed by atoms with van der Waals surface area (Å²) >= 11 is 7.53. The standard InChI is InChI=1S/C14H16ClNOS/c1-9-3-2-4-10(7-9)11(8-16)13(17)14-12(15)5-6-18-14/h2-7,11,13,17H,8,16H2,1H3. The van der Waals surface area contributed by atoms with Crippen LogP contribution in [0.3, 0.4) is 0 Å². The van der Waals surface area contributed by atoms with Gasteiger partial charge in [-0.05, 0) is 23.9 Å². The minimum atomic E-state index is -0.649. The maximum absolute atomic E-state index is 10.4. The molecule has 3 N–H and O–H groups in total. The van der Waals surface area contributed by atoms with Crippen LogP contribution in [0.4, 0.5) is 0 Å². The first-order valence-corrected chi connectivity index (χ1v) is 7.07. The van der Waals surface area contributed by atoms with E-state index in [2.05, 4.69) is 6.07 Å². The SMILES string of the molecule is Cc1cccc(C(CN)C(O)c2sccc2Cl)c1. The normalized spacial score (nSPS) is 14.4. The molecule has 0 fully saturated rings. The fourth-order valence-electron chi connectivity index (χ4n) is 2.05. The Labute approximate surface area is 116 Å². The first kappa shape index (κ1) is 13.6. The van der Waals surface area contributed by atoms with Crippen LogP contribution < -0.4 is 5.73 Å². The monoisotopic (exact) mass is 281 g/mol. The Morgan fingerprint density at radius 3 is 2.72 bits per heavy atom. The zero-order valence-corrected chi connectivity index (χ0v) is 11.7. The zero-order valence-electron chi connectivity index (χ0n) is 10.1. The lowest BCUT2D eigenvalue weighted by Gasteiger charge is -2.21. The summed E-state index contributed by atoms with van der Waals surface area (Å²) in [6, 6.07) is 9.86. The molecule has 1 heterocycles. The molecule has 0 aliphatic carbocycles. The van der Waals surface area contributed by atoms with E-state index in [1.54, 1.807) is 6.07 Å². The second kappa shape index (κ2) is 5.85. The molecule has 0 aliphatic rings. The van der Waals surface area contributed by atoms with E-state index in [1.165, 1.54) is 11.3 Å². The van der Waals surface area contributed by atoms with E-state index in [1.807, 2.05) is 30.5 Å². The molecule has 2 aromatic rings. The number of nitrogens with two attached hydrogens (primary N) is 1. The summed E-state index contributed by atoms with van der Waals surface area (Å²) in [5.41, 5.74) is 8.03. The lowest BCUT2D eigenvalue weighted by molar-refractivity contribution is 0.151. The van der Waals surface area contributed by atoms with Gasteiger partial charge in [-0.2, -0.15) is 0 Å². The van der Waals surface area contributed by atoms with E-state index in [4.69, 9.17) is 17.3 Å². The number of aryl methyl sites for hydroxylation is 1. The summed E-state index contributed by atoms with van der Waals surface area (Å²) < 4.78 is 0. The van der Waals surface area contributed by atoms with E-state index < -0.39 is 6.10 Å². The maximum atomic E-state index is 10.4. The second-order valence-corrected chi connectivity index (χ2v) is 5.69. The van der Waals surface area contributed by atoms with Crippen LogP contribution in [-0.4, -0.2) is 11.7 Å². The molecule has 0 bridgehead atoms. The molecular formula is C14H16ClNOS. The van der Waals surface area contributed by atoms with Gasteiger partial charge in [0.05, 0.1) is 16.0 Å². The van der Waals surface area contributed by atoms with Gasteiger partial charge in [-0.1, -0.05) is 41.4 Å². The summed E-state index contributed by atoms with van der Waals surface area (Å²) in [6.45, 7) is 2.42. The summed E-state index contributed by atoms with van der Waals surface area (Å²) in [6.07, 6.45) is -0.649. The van der Waals surface area contributed by atoms with Crippen LogP contribution in [0.2, 0.25) is 5.02 Å². The molecule has 0 radical (unpaired) electrons. The van der Waals surface area contributed by atoms with Crippen LogP contribution in [0.15, 0.2) is 35.7 Å². The Kier molecular flexibility index (Phi) is 4.40. The van der Waals surface area contributed by atoms with Gasteiger partial charge in [-0.15, -0.1) is 11.3 Å². The molecule has 1 aromatic carbocycles. The topological polar surface area (TPSA) is 46.2 Å². The van der Waals surface area contributed by atoms with Crippen LogP contribution >= 0.6 is 22.9 Å². The van der Waals surface area contributed by atoms with Crippen molar-refractivity contribution >= 4 is 22.9 Å². The van der Waals surface area contributed by atoms with E-state index in [0.717, 1.165) is 16.0 Å². The van der Waals surface area contributed by atoms with E-state index in [0.29, 0.717) is 11.6 Å². The molecule has 0 spiro atoms. The maximum Gasteiger partial charge on any atom is 0.0977 e. The number of hydrogen-bond donors (Lipinski definition) is 2. The van der Waals surface area contributed by atoms with E-state index in [9.17, 15) is 5.11 Å². The quantitative estimate of drug-likeness (QED) is 0.901. The number of rotatable bonds is 4. The lowest BCUT2D eigenvalue weighted by atomic mass is 9.91. The fourth-order valence-corrected chi connectivity index (χ4v) is 3.27. The Hall–Kier alpha value is -0.870. The number of thiophene rings is 1. The Balaban J connectivity index is 2.32. The average Bonchev–Trinajstić information content (AvgIpc) is 2.76. The van der Waals surface area contributed by atoms with Gasteiger partial charge in [0.1, 0.15) is 0 Å². The van der Waals surface area contributed by atoms with Gasteiger partial charge in [-0.3, -0.25) is 0 Å². The van der Waals surface area contributed by atoms with Crippen molar-refractivity contribution in [3.05, 3.63) is 56.7 Å². The molecular weight excluding hydrogens is 266 g/mol. The first-order valence-electron chi connectivity index (χ1n) is 5.81. The molecule has 0 saturated heterocycles. The summed E-state index contributed by atoms with van der Waals surface area (Å²) in [5, 5.41) is 12.9. The van der Waals surface area contributed by atoms with E-state index >= 15 is 0 Å². The van der Waals surface area contributed by atoms with Gasteiger partial charge in [0.25, 0.3) is 0 Å². The molecule has 0 aliphatic heterocycles. The predicted octanol–water partition coefficient (Wildman–Crippen LogP) is 3.49. The lowest BCUT2D eigenvalue weighted by Crippen LogP contribution is -2.19. The van der Waals surface area contributed by atoms with Crippen molar-refractivity contribution in [1.82, 2.24) is 0 Å². The fraction of sp³-hybridized carbons (Fsp3) is 0.286. The average molecular weight is 282 g/mol. The highest BCUT2D eigenvalue weighted by molar-refractivity contribution is 7.10. The summed E-state index contributed by atoms with van der Waals surface area (Å²) in [5.74, 6) is -0.124. The third-order valence-corrected chi connectivity index (χ3v) is 4.45. The first-order chi connectivity index (χ1) is 8.63. The minimum absolute atomic E-state index is 0.124. The molecule has 96 valence electrons. The molecule has 0 amide bonds. The summed E-state index contributed by atoms with van der Waals surface area (Å²) in [7, 11) is 0. The Morgan fingerprint density at radius 1 is 1.39 bits per heavy atom.